The van der Waals surface area contributed by atoms with Crippen LogP contribution in [-0.2, 0) is 6.42 Å². The minimum Gasteiger partial charge on any atom is -0.312 e. The second-order valence-electron chi connectivity index (χ2n) is 4.47. The number of nitrogens with one attached hydrogen (secondary N) is 1. The van der Waals surface area contributed by atoms with Crippen LogP contribution in [0.15, 0.2) is 11.4 Å². The van der Waals surface area contributed by atoms with Crippen LogP contribution < -0.4 is 5.32 Å². The van der Waals surface area contributed by atoms with Crippen molar-refractivity contribution in [1.29, 1.82) is 0 Å². The van der Waals surface area contributed by atoms with Crippen molar-refractivity contribution in [2.75, 3.05) is 7.05 Å². The lowest BCUT2D eigenvalue weighted by molar-refractivity contribution is 0.394. The Morgan fingerprint density at radius 3 is 2.80 bits per heavy atom. The lowest BCUT2D eigenvalue weighted by Gasteiger charge is -2.23. The van der Waals surface area contributed by atoms with Gasteiger partial charge in [0.15, 0.2) is 0 Å². The minimum absolute atomic E-state index is 0.613. The van der Waals surface area contributed by atoms with Crippen molar-refractivity contribution in [3.05, 3.63) is 21.9 Å². The first-order valence-corrected chi connectivity index (χ1v) is 6.98. The van der Waals surface area contributed by atoms with Crippen molar-refractivity contribution in [2.24, 2.45) is 5.92 Å². The molecular formula is C13H21NS. The summed E-state index contributed by atoms with van der Waals surface area (Å²) in [6.07, 6.45) is 6.84. The Bertz CT molecular complexity index is 299. The molecule has 84 valence electrons. The molecule has 0 radical (unpaired) electrons. The number of aryl methyl sites for hydroxylation is 1. The monoisotopic (exact) mass is 223 g/mol. The summed E-state index contributed by atoms with van der Waals surface area (Å²) < 4.78 is 0. The van der Waals surface area contributed by atoms with E-state index in [9.17, 15) is 0 Å². The first-order valence-electron chi connectivity index (χ1n) is 6.10. The third kappa shape index (κ3) is 2.26. The highest BCUT2D eigenvalue weighted by Gasteiger charge is 2.27. The van der Waals surface area contributed by atoms with Gasteiger partial charge in [0.25, 0.3) is 0 Å². The maximum atomic E-state index is 3.53. The Balaban J connectivity index is 2.17. The van der Waals surface area contributed by atoms with Gasteiger partial charge >= 0.3 is 0 Å². The van der Waals surface area contributed by atoms with Gasteiger partial charge in [0.1, 0.15) is 0 Å². The Hall–Kier alpha value is -0.340. The minimum atomic E-state index is 0.613. The zero-order chi connectivity index (χ0) is 10.7. The maximum absolute atomic E-state index is 3.53. The molecule has 1 atom stereocenters. The quantitative estimate of drug-likeness (QED) is 0.819. The van der Waals surface area contributed by atoms with Gasteiger partial charge in [-0.3, -0.25) is 0 Å². The molecule has 1 aromatic rings. The Morgan fingerprint density at radius 1 is 1.47 bits per heavy atom. The molecule has 1 unspecified atom stereocenters. The fraction of sp³-hybridized carbons (Fsp3) is 0.692. The van der Waals surface area contributed by atoms with E-state index >= 15 is 0 Å². The zero-order valence-corrected chi connectivity index (χ0v) is 10.6. The van der Waals surface area contributed by atoms with E-state index in [1.807, 2.05) is 11.3 Å². The van der Waals surface area contributed by atoms with Crippen LogP contribution in [0.25, 0.3) is 0 Å². The van der Waals surface area contributed by atoms with Gasteiger partial charge in [-0.2, -0.15) is 0 Å². The first-order chi connectivity index (χ1) is 7.36. The molecule has 1 fully saturated rings. The van der Waals surface area contributed by atoms with Crippen LogP contribution in [-0.4, -0.2) is 7.05 Å². The number of hydrogen-bond donors (Lipinski definition) is 1. The third-order valence-corrected chi connectivity index (χ3v) is 4.67. The molecule has 0 spiro atoms. The van der Waals surface area contributed by atoms with Gasteiger partial charge in [0.05, 0.1) is 0 Å². The highest BCUT2D eigenvalue weighted by molar-refractivity contribution is 7.10. The summed E-state index contributed by atoms with van der Waals surface area (Å²) in [5, 5.41) is 5.78. The average molecular weight is 223 g/mol. The lowest BCUT2D eigenvalue weighted by atomic mass is 9.94. The number of thiophene rings is 1. The molecule has 1 heterocycles. The van der Waals surface area contributed by atoms with E-state index < -0.39 is 0 Å². The standard InChI is InChI=1S/C13H21NS/c1-3-10-8-9-15-13(10)12(14-2)11-6-4-5-7-11/h8-9,11-12,14H,3-7H2,1-2H3. The van der Waals surface area contributed by atoms with Crippen molar-refractivity contribution in [3.8, 4) is 0 Å². The summed E-state index contributed by atoms with van der Waals surface area (Å²) in [5.41, 5.74) is 1.55. The maximum Gasteiger partial charge on any atom is 0.0443 e. The molecule has 1 saturated carbocycles. The van der Waals surface area contributed by atoms with Gasteiger partial charge in [-0.05, 0) is 49.2 Å². The van der Waals surface area contributed by atoms with E-state index in [-0.39, 0.29) is 0 Å². The molecular weight excluding hydrogens is 202 g/mol. The van der Waals surface area contributed by atoms with E-state index in [1.54, 1.807) is 10.4 Å². The summed E-state index contributed by atoms with van der Waals surface area (Å²) in [7, 11) is 2.11. The highest BCUT2D eigenvalue weighted by atomic mass is 32.1. The molecule has 0 aromatic carbocycles. The van der Waals surface area contributed by atoms with Crippen molar-refractivity contribution >= 4 is 11.3 Å². The summed E-state index contributed by atoms with van der Waals surface area (Å²) >= 11 is 1.93. The van der Waals surface area contributed by atoms with Gasteiger partial charge in [0.2, 0.25) is 0 Å². The summed E-state index contributed by atoms with van der Waals surface area (Å²) in [6.45, 7) is 2.26. The normalized spacial score (nSPS) is 19.6. The topological polar surface area (TPSA) is 12.0 Å². The van der Waals surface area contributed by atoms with Crippen LogP contribution in [0, 0.1) is 5.92 Å². The van der Waals surface area contributed by atoms with Crippen LogP contribution >= 0.6 is 11.3 Å². The molecule has 2 heteroatoms. The summed E-state index contributed by atoms with van der Waals surface area (Å²) in [4.78, 5) is 1.59. The van der Waals surface area contributed by atoms with Crippen molar-refractivity contribution < 1.29 is 0 Å². The molecule has 1 N–H and O–H groups in total. The number of rotatable bonds is 4. The summed E-state index contributed by atoms with van der Waals surface area (Å²) in [6, 6.07) is 2.90. The Morgan fingerprint density at radius 2 is 2.20 bits per heavy atom. The molecule has 1 aliphatic carbocycles. The van der Waals surface area contributed by atoms with Crippen LogP contribution in [0.4, 0.5) is 0 Å². The predicted molar refractivity (Wildman–Crippen MR) is 67.5 cm³/mol. The SMILES string of the molecule is CCc1ccsc1C(NC)C1CCCC1. The van der Waals surface area contributed by atoms with E-state index in [2.05, 4.69) is 30.7 Å². The van der Waals surface area contributed by atoms with Crippen LogP contribution in [0.5, 0.6) is 0 Å². The molecule has 0 saturated heterocycles. The molecule has 0 bridgehead atoms. The van der Waals surface area contributed by atoms with E-state index in [0.29, 0.717) is 6.04 Å². The largest absolute Gasteiger partial charge is 0.312 e. The molecule has 0 amide bonds. The zero-order valence-electron chi connectivity index (χ0n) is 9.75. The fourth-order valence-electron chi connectivity index (χ4n) is 2.78. The molecule has 1 aromatic heterocycles. The average Bonchev–Trinajstić information content (AvgIpc) is 2.89. The second-order valence-corrected chi connectivity index (χ2v) is 5.42. The number of hydrogen-bond acceptors (Lipinski definition) is 2. The van der Waals surface area contributed by atoms with Crippen molar-refractivity contribution in [2.45, 2.75) is 45.1 Å². The smallest absolute Gasteiger partial charge is 0.0443 e. The molecule has 15 heavy (non-hydrogen) atoms. The van der Waals surface area contributed by atoms with Gasteiger partial charge in [-0.15, -0.1) is 11.3 Å². The van der Waals surface area contributed by atoms with Crippen molar-refractivity contribution in [1.82, 2.24) is 5.32 Å². The summed E-state index contributed by atoms with van der Waals surface area (Å²) in [5.74, 6) is 0.874. The van der Waals surface area contributed by atoms with Gasteiger partial charge in [0, 0.05) is 10.9 Å². The fourth-order valence-corrected chi connectivity index (χ4v) is 3.98. The van der Waals surface area contributed by atoms with Gasteiger partial charge in [-0.1, -0.05) is 19.8 Å². The van der Waals surface area contributed by atoms with E-state index in [4.69, 9.17) is 0 Å². The van der Waals surface area contributed by atoms with Crippen LogP contribution in [0.2, 0.25) is 0 Å². The molecule has 2 rings (SSSR count). The second kappa shape index (κ2) is 5.13. The Labute approximate surface area is 96.9 Å². The molecule has 1 nitrogen and oxygen atoms in total. The van der Waals surface area contributed by atoms with Crippen molar-refractivity contribution in [3.63, 3.8) is 0 Å². The van der Waals surface area contributed by atoms with Crippen LogP contribution in [0.1, 0.15) is 49.1 Å². The third-order valence-electron chi connectivity index (χ3n) is 3.63. The lowest BCUT2D eigenvalue weighted by Crippen LogP contribution is -2.23. The Kier molecular flexibility index (Phi) is 3.81. The molecule has 1 aliphatic rings. The predicted octanol–water partition coefficient (Wildman–Crippen LogP) is 3.76. The van der Waals surface area contributed by atoms with Gasteiger partial charge < -0.3 is 5.32 Å². The first kappa shape index (κ1) is 11.2. The van der Waals surface area contributed by atoms with Crippen LogP contribution in [0.3, 0.4) is 0 Å². The van der Waals surface area contributed by atoms with E-state index in [0.717, 1.165) is 5.92 Å². The van der Waals surface area contributed by atoms with Gasteiger partial charge in [-0.25, -0.2) is 0 Å². The van der Waals surface area contributed by atoms with E-state index in [1.165, 1.54) is 32.1 Å². The highest BCUT2D eigenvalue weighted by Crippen LogP contribution is 2.38. The molecule has 0 aliphatic heterocycles.